The number of benzene rings is 1. The molecule has 0 saturated carbocycles. The molecule has 0 aliphatic heterocycles. The van der Waals surface area contributed by atoms with Crippen LogP contribution in [0.1, 0.15) is 19.8 Å². The number of oxime groups is 1. The lowest BCUT2D eigenvalue weighted by molar-refractivity contribution is -0.118. The molecule has 0 radical (unpaired) electrons. The Bertz CT molecular complexity index is 512. The van der Waals surface area contributed by atoms with E-state index in [1.807, 2.05) is 0 Å². The molecule has 1 atom stereocenters. The molecule has 0 aliphatic carbocycles. The Morgan fingerprint density at radius 2 is 1.95 bits per heavy atom. The van der Waals surface area contributed by atoms with Gasteiger partial charge in [0, 0.05) is 17.8 Å². The van der Waals surface area contributed by atoms with E-state index in [4.69, 9.17) is 10.9 Å². The van der Waals surface area contributed by atoms with Gasteiger partial charge in [0.15, 0.2) is 23.3 Å². The number of anilines is 1. The number of carbonyl (C=O) groups is 1. The Hall–Kier alpha value is -2.25. The van der Waals surface area contributed by atoms with Crippen LogP contribution in [0.15, 0.2) is 17.3 Å². The van der Waals surface area contributed by atoms with Crippen LogP contribution < -0.4 is 11.1 Å². The van der Waals surface area contributed by atoms with Crippen molar-refractivity contribution in [2.75, 3.05) is 5.32 Å². The molecule has 8 heteroatoms. The first kappa shape index (κ1) is 15.8. The summed E-state index contributed by atoms with van der Waals surface area (Å²) in [5.74, 6) is -6.42. The molecule has 0 bridgehead atoms. The highest BCUT2D eigenvalue weighted by molar-refractivity contribution is 6.07. The van der Waals surface area contributed by atoms with Gasteiger partial charge in [0.05, 0.1) is 5.92 Å². The summed E-state index contributed by atoms with van der Waals surface area (Å²) >= 11 is 0. The number of halogens is 3. The van der Waals surface area contributed by atoms with Crippen LogP contribution in [-0.2, 0) is 4.79 Å². The maximum absolute atomic E-state index is 13.0. The van der Waals surface area contributed by atoms with E-state index in [9.17, 15) is 18.0 Å². The van der Waals surface area contributed by atoms with Crippen molar-refractivity contribution >= 4 is 17.4 Å². The lowest BCUT2D eigenvalue weighted by Gasteiger charge is -2.14. The summed E-state index contributed by atoms with van der Waals surface area (Å²) in [4.78, 5) is 11.9. The van der Waals surface area contributed by atoms with Gasteiger partial charge in [-0.05, 0) is 6.42 Å². The van der Waals surface area contributed by atoms with E-state index in [1.165, 1.54) is 0 Å². The smallest absolute Gasteiger partial charge is 0.235 e. The molecular weight excluding hydrogens is 275 g/mol. The van der Waals surface area contributed by atoms with Crippen LogP contribution in [0.25, 0.3) is 0 Å². The zero-order valence-corrected chi connectivity index (χ0v) is 10.7. The van der Waals surface area contributed by atoms with Gasteiger partial charge >= 0.3 is 0 Å². The Balaban J connectivity index is 2.94. The normalized spacial score (nSPS) is 13.1. The molecule has 5 nitrogen and oxygen atoms in total. The minimum atomic E-state index is -1.62. The van der Waals surface area contributed by atoms with Gasteiger partial charge in [-0.15, -0.1) is 0 Å². The van der Waals surface area contributed by atoms with E-state index in [0.29, 0.717) is 18.6 Å². The fraction of sp³-hybridized carbons (Fsp3) is 0.333. The number of carbonyl (C=O) groups excluding carboxylic acids is 1. The summed E-state index contributed by atoms with van der Waals surface area (Å²) in [6, 6.07) is 1.29. The second kappa shape index (κ2) is 6.78. The van der Waals surface area contributed by atoms with Gasteiger partial charge < -0.3 is 16.3 Å². The van der Waals surface area contributed by atoms with E-state index < -0.39 is 29.3 Å². The average Bonchev–Trinajstić information content (AvgIpc) is 2.41. The Labute approximate surface area is 113 Å². The van der Waals surface area contributed by atoms with E-state index in [-0.39, 0.29) is 17.9 Å². The highest BCUT2D eigenvalue weighted by Crippen LogP contribution is 2.19. The minimum Gasteiger partial charge on any atom is -0.409 e. The molecule has 0 heterocycles. The Morgan fingerprint density at radius 3 is 2.40 bits per heavy atom. The maximum Gasteiger partial charge on any atom is 0.235 e. The standard InChI is InChI=1S/C12H14F3N3O2/c1-2-3-7(11(16)18-20)12(19)17-6-4-8(13)10(15)9(14)5-6/h4-5,7,20H,2-3H2,1H3,(H2,16,18)(H,17,19). The predicted molar refractivity (Wildman–Crippen MR) is 66.8 cm³/mol. The summed E-state index contributed by atoms with van der Waals surface area (Å²) in [6.45, 7) is 1.78. The predicted octanol–water partition coefficient (Wildman–Crippen LogP) is 2.21. The van der Waals surface area contributed by atoms with Crippen LogP contribution in [0.3, 0.4) is 0 Å². The molecule has 4 N–H and O–H groups in total. The lowest BCUT2D eigenvalue weighted by Crippen LogP contribution is -2.34. The number of rotatable bonds is 5. The molecule has 20 heavy (non-hydrogen) atoms. The third-order valence-electron chi connectivity index (χ3n) is 2.62. The quantitative estimate of drug-likeness (QED) is 0.255. The van der Waals surface area contributed by atoms with Crippen molar-refractivity contribution < 1.29 is 23.2 Å². The van der Waals surface area contributed by atoms with Crippen LogP contribution in [-0.4, -0.2) is 17.0 Å². The van der Waals surface area contributed by atoms with Crippen LogP contribution in [0.2, 0.25) is 0 Å². The summed E-state index contributed by atoms with van der Waals surface area (Å²) in [7, 11) is 0. The van der Waals surface area contributed by atoms with Crippen LogP contribution in [0.4, 0.5) is 18.9 Å². The minimum absolute atomic E-state index is 0.252. The van der Waals surface area contributed by atoms with Crippen molar-refractivity contribution in [2.24, 2.45) is 16.8 Å². The Morgan fingerprint density at radius 1 is 1.40 bits per heavy atom. The van der Waals surface area contributed by atoms with Crippen LogP contribution in [0, 0.1) is 23.4 Å². The van der Waals surface area contributed by atoms with Crippen molar-refractivity contribution in [1.29, 1.82) is 0 Å². The number of nitrogens with one attached hydrogen (secondary N) is 1. The molecule has 1 aromatic rings. The second-order valence-electron chi connectivity index (χ2n) is 4.11. The third kappa shape index (κ3) is 3.62. The zero-order valence-electron chi connectivity index (χ0n) is 10.7. The number of amidine groups is 1. The SMILES string of the molecule is CCCC(C(=O)Nc1cc(F)c(F)c(F)c1)C(N)=NO. The zero-order chi connectivity index (χ0) is 15.3. The van der Waals surface area contributed by atoms with Crippen molar-refractivity contribution in [3.05, 3.63) is 29.6 Å². The van der Waals surface area contributed by atoms with Crippen LogP contribution in [0.5, 0.6) is 0 Å². The fourth-order valence-corrected chi connectivity index (χ4v) is 1.63. The molecule has 0 saturated heterocycles. The molecule has 0 fully saturated rings. The molecule has 1 rings (SSSR count). The van der Waals surface area contributed by atoms with Crippen molar-refractivity contribution in [1.82, 2.24) is 0 Å². The summed E-state index contributed by atoms with van der Waals surface area (Å²) < 4.78 is 38.8. The molecule has 1 unspecified atom stereocenters. The molecule has 1 aromatic carbocycles. The van der Waals surface area contributed by atoms with Crippen molar-refractivity contribution in [3.63, 3.8) is 0 Å². The molecule has 110 valence electrons. The summed E-state index contributed by atoms with van der Waals surface area (Å²) in [5, 5.41) is 13.5. The van der Waals surface area contributed by atoms with E-state index >= 15 is 0 Å². The number of nitrogens with zero attached hydrogens (tertiary/aromatic N) is 1. The number of hydrogen-bond donors (Lipinski definition) is 3. The highest BCUT2D eigenvalue weighted by Gasteiger charge is 2.23. The Kier molecular flexibility index (Phi) is 5.36. The van der Waals surface area contributed by atoms with Gasteiger partial charge in [0.2, 0.25) is 5.91 Å². The molecule has 0 spiro atoms. The maximum atomic E-state index is 13.0. The molecule has 0 aliphatic rings. The van der Waals surface area contributed by atoms with Gasteiger partial charge in [0.25, 0.3) is 0 Å². The van der Waals surface area contributed by atoms with E-state index in [2.05, 4.69) is 10.5 Å². The van der Waals surface area contributed by atoms with Gasteiger partial charge in [-0.1, -0.05) is 18.5 Å². The first-order valence-corrected chi connectivity index (χ1v) is 5.83. The number of nitrogens with two attached hydrogens (primary N) is 1. The largest absolute Gasteiger partial charge is 0.409 e. The lowest BCUT2D eigenvalue weighted by atomic mass is 10.0. The molecule has 1 amide bonds. The van der Waals surface area contributed by atoms with Gasteiger partial charge in [-0.2, -0.15) is 0 Å². The summed E-state index contributed by atoms with van der Waals surface area (Å²) in [6.07, 6.45) is 0.855. The van der Waals surface area contributed by atoms with E-state index in [0.717, 1.165) is 0 Å². The number of amides is 1. The van der Waals surface area contributed by atoms with Crippen LogP contribution >= 0.6 is 0 Å². The van der Waals surface area contributed by atoms with E-state index in [1.54, 1.807) is 6.92 Å². The van der Waals surface area contributed by atoms with Crippen molar-refractivity contribution in [3.8, 4) is 0 Å². The first-order valence-electron chi connectivity index (χ1n) is 5.83. The van der Waals surface area contributed by atoms with Crippen molar-refractivity contribution in [2.45, 2.75) is 19.8 Å². The van der Waals surface area contributed by atoms with Gasteiger partial charge in [-0.3, -0.25) is 4.79 Å². The third-order valence-corrected chi connectivity index (χ3v) is 2.62. The first-order chi connectivity index (χ1) is 9.40. The second-order valence-corrected chi connectivity index (χ2v) is 4.11. The molecular formula is C12H14F3N3O2. The topological polar surface area (TPSA) is 87.7 Å². The highest BCUT2D eigenvalue weighted by atomic mass is 19.2. The summed E-state index contributed by atoms with van der Waals surface area (Å²) in [5.41, 5.74) is 5.12. The van der Waals surface area contributed by atoms with Gasteiger partial charge in [-0.25, -0.2) is 13.2 Å². The monoisotopic (exact) mass is 289 g/mol. The number of hydrogen-bond acceptors (Lipinski definition) is 3. The average molecular weight is 289 g/mol. The van der Waals surface area contributed by atoms with Gasteiger partial charge in [0.1, 0.15) is 0 Å². The fourth-order valence-electron chi connectivity index (χ4n) is 1.63. The molecule has 0 aromatic heterocycles.